The van der Waals surface area contributed by atoms with Gasteiger partial charge in [-0.15, -0.1) is 0 Å². The summed E-state index contributed by atoms with van der Waals surface area (Å²) in [6.07, 6.45) is 18.3. The Balaban J connectivity index is 2.27. The highest BCUT2D eigenvalue weighted by Crippen LogP contribution is 2.51. The van der Waals surface area contributed by atoms with Crippen molar-refractivity contribution in [1.82, 2.24) is 0 Å². The molecular weight excluding hydrogens is 705 g/mol. The van der Waals surface area contributed by atoms with Crippen molar-refractivity contribution in [3.05, 3.63) is 34.4 Å². The summed E-state index contributed by atoms with van der Waals surface area (Å²) < 4.78 is 39.1. The number of hydrogen-bond acceptors (Lipinski definition) is 8. The molecule has 0 heterocycles. The van der Waals surface area contributed by atoms with Gasteiger partial charge in [-0.25, -0.2) is 0 Å². The summed E-state index contributed by atoms with van der Waals surface area (Å²) in [5.41, 5.74) is 0.892. The molecule has 56 heavy (non-hydrogen) atoms. The van der Waals surface area contributed by atoms with Crippen LogP contribution in [0.5, 0.6) is 34.5 Å². The van der Waals surface area contributed by atoms with Gasteiger partial charge in [-0.05, 0) is 49.7 Å². The van der Waals surface area contributed by atoms with E-state index in [1.807, 2.05) is 0 Å². The molecule has 316 valence electrons. The van der Waals surface area contributed by atoms with E-state index in [2.05, 4.69) is 55.4 Å². The third-order valence-electron chi connectivity index (χ3n) is 10.8. The van der Waals surface area contributed by atoms with E-state index in [4.69, 9.17) is 28.4 Å². The summed E-state index contributed by atoms with van der Waals surface area (Å²) in [4.78, 5) is 30.2. The summed E-state index contributed by atoms with van der Waals surface area (Å²) in [6.45, 7) is 19.8. The minimum atomic E-state index is -0.321. The highest BCUT2D eigenvalue weighted by Gasteiger charge is 2.41. The van der Waals surface area contributed by atoms with Gasteiger partial charge in [0.25, 0.3) is 0 Å². The molecule has 2 atom stereocenters. The number of fused-ring (bicyclic) bond motifs is 2. The van der Waals surface area contributed by atoms with E-state index in [1.165, 1.54) is 0 Å². The molecule has 0 aromatic heterocycles. The quantitative estimate of drug-likeness (QED) is 0.0579. The topological polar surface area (TPSA) is 89.5 Å². The summed E-state index contributed by atoms with van der Waals surface area (Å²) in [5.74, 6) is 2.02. The minimum Gasteiger partial charge on any atom is -0.490 e. The van der Waals surface area contributed by atoms with Crippen molar-refractivity contribution >= 4 is 11.6 Å². The Morgan fingerprint density at radius 1 is 0.411 bits per heavy atom. The number of hydrogen-bond donors (Lipinski definition) is 0. The number of unbranched alkanes of at least 4 members (excludes halogenated alkanes) is 12. The first-order valence-electron chi connectivity index (χ1n) is 22.6. The van der Waals surface area contributed by atoms with E-state index in [9.17, 15) is 0 Å². The lowest BCUT2D eigenvalue weighted by atomic mass is 9.82. The van der Waals surface area contributed by atoms with Crippen molar-refractivity contribution in [3.8, 4) is 34.5 Å². The summed E-state index contributed by atoms with van der Waals surface area (Å²) in [7, 11) is 0. The van der Waals surface area contributed by atoms with Crippen molar-refractivity contribution in [2.24, 2.45) is 11.8 Å². The Kier molecular flexibility index (Phi) is 22.2. The third kappa shape index (κ3) is 13.9. The van der Waals surface area contributed by atoms with Crippen LogP contribution >= 0.6 is 0 Å². The lowest BCUT2D eigenvalue weighted by Crippen LogP contribution is -2.25. The van der Waals surface area contributed by atoms with E-state index in [1.54, 1.807) is 12.1 Å². The van der Waals surface area contributed by atoms with E-state index in [0.29, 0.717) is 62.6 Å². The van der Waals surface area contributed by atoms with Crippen LogP contribution in [0.3, 0.4) is 0 Å². The van der Waals surface area contributed by atoms with Gasteiger partial charge in [0, 0.05) is 11.1 Å². The van der Waals surface area contributed by atoms with Gasteiger partial charge in [0.05, 0.1) is 50.8 Å². The first-order chi connectivity index (χ1) is 27.3. The molecule has 8 heteroatoms. The summed E-state index contributed by atoms with van der Waals surface area (Å²) >= 11 is 0. The molecule has 0 spiro atoms. The van der Waals surface area contributed by atoms with Gasteiger partial charge < -0.3 is 28.4 Å². The van der Waals surface area contributed by atoms with Crippen LogP contribution in [0.4, 0.5) is 0 Å². The highest BCUT2D eigenvalue weighted by atomic mass is 16.5. The van der Waals surface area contributed by atoms with Crippen LogP contribution in [-0.2, 0) is 0 Å². The zero-order valence-electron chi connectivity index (χ0n) is 36.5. The first kappa shape index (κ1) is 47.0. The normalized spacial score (nSPS) is 13.2. The second kappa shape index (κ2) is 26.5. The fraction of sp³-hybridized carbons (Fsp3) is 0.708. The molecule has 0 aliphatic heterocycles. The number of carbonyl (C=O) groups excluding carboxylic acids is 2. The fourth-order valence-corrected chi connectivity index (χ4v) is 6.59. The van der Waals surface area contributed by atoms with Crippen LogP contribution in [0.2, 0.25) is 0 Å². The van der Waals surface area contributed by atoms with Crippen molar-refractivity contribution in [3.63, 3.8) is 0 Å². The molecule has 3 rings (SSSR count). The average Bonchev–Trinajstić information content (AvgIpc) is 3.20. The van der Waals surface area contributed by atoms with Crippen molar-refractivity contribution < 1.29 is 38.0 Å². The second-order valence-corrected chi connectivity index (χ2v) is 15.9. The zero-order chi connectivity index (χ0) is 40.7. The van der Waals surface area contributed by atoms with Crippen molar-refractivity contribution in [1.29, 1.82) is 0 Å². The molecule has 0 saturated heterocycles. The lowest BCUT2D eigenvalue weighted by molar-refractivity contribution is 0.0966. The van der Waals surface area contributed by atoms with E-state index in [-0.39, 0.29) is 57.2 Å². The van der Waals surface area contributed by atoms with Crippen LogP contribution in [0, 0.1) is 11.8 Å². The molecule has 0 bridgehead atoms. The van der Waals surface area contributed by atoms with Crippen LogP contribution in [0.1, 0.15) is 203 Å². The molecule has 0 amide bonds. The SMILES string of the molecule is CCCCCCOc1cc2c(c(OCC(C)CC)c1OCCCCCC)C(=O)c1cc(OCCCCCC)c(OCCCCCC)c(OCC(C)CC)c1C2=O. The molecule has 0 fully saturated rings. The van der Waals surface area contributed by atoms with Crippen molar-refractivity contribution in [2.45, 2.75) is 171 Å². The summed E-state index contributed by atoms with van der Waals surface area (Å²) in [5, 5.41) is 0. The third-order valence-corrected chi connectivity index (χ3v) is 10.8. The number of benzene rings is 2. The minimum absolute atomic E-state index is 0.211. The molecule has 2 aromatic rings. The van der Waals surface area contributed by atoms with Crippen LogP contribution in [-0.4, -0.2) is 51.2 Å². The number of rotatable bonds is 32. The number of carbonyl (C=O) groups is 2. The molecular formula is C48H76O8. The smallest absolute Gasteiger partial charge is 0.204 e. The number of ketones is 2. The molecule has 2 aromatic carbocycles. The fourth-order valence-electron chi connectivity index (χ4n) is 6.59. The maximum Gasteiger partial charge on any atom is 0.204 e. The van der Waals surface area contributed by atoms with Gasteiger partial charge in [0.2, 0.25) is 11.5 Å². The number of ether oxygens (including phenoxy) is 6. The maximum absolute atomic E-state index is 15.1. The summed E-state index contributed by atoms with van der Waals surface area (Å²) in [6, 6.07) is 3.41. The highest BCUT2D eigenvalue weighted by molar-refractivity contribution is 6.31. The van der Waals surface area contributed by atoms with Gasteiger partial charge in [-0.3, -0.25) is 9.59 Å². The molecule has 0 saturated carbocycles. The lowest BCUT2D eigenvalue weighted by Gasteiger charge is -2.28. The Bertz CT molecular complexity index is 1360. The molecule has 0 radical (unpaired) electrons. The second-order valence-electron chi connectivity index (χ2n) is 15.9. The van der Waals surface area contributed by atoms with Gasteiger partial charge in [0.15, 0.2) is 34.6 Å². The molecule has 1 aliphatic carbocycles. The first-order valence-corrected chi connectivity index (χ1v) is 22.6. The van der Waals surface area contributed by atoms with Crippen LogP contribution < -0.4 is 28.4 Å². The van der Waals surface area contributed by atoms with Crippen LogP contribution in [0.25, 0.3) is 0 Å². The van der Waals surface area contributed by atoms with Gasteiger partial charge in [-0.2, -0.15) is 0 Å². The Morgan fingerprint density at radius 3 is 1.04 bits per heavy atom. The standard InChI is InChI=1S/C48H76O8/c1-9-15-19-23-27-51-39-31-37-41(47(55-33-35(7)13-5)45(39)53-29-25-21-17-11-3)44(50)38-32-40(52-28-24-20-16-10-2)46(54-30-26-22-18-12-4)48(42(38)43(37)49)56-34-36(8)14-6/h31-32,35-36H,9-30,33-34H2,1-8H3. The van der Waals surface area contributed by atoms with Crippen molar-refractivity contribution in [2.75, 3.05) is 39.6 Å². The van der Waals surface area contributed by atoms with Crippen LogP contribution in [0.15, 0.2) is 12.1 Å². The monoisotopic (exact) mass is 781 g/mol. The molecule has 2 unspecified atom stereocenters. The Labute approximate surface area is 340 Å². The predicted molar refractivity (Wildman–Crippen MR) is 228 cm³/mol. The average molecular weight is 781 g/mol. The zero-order valence-corrected chi connectivity index (χ0v) is 36.5. The van der Waals surface area contributed by atoms with E-state index < -0.39 is 0 Å². The predicted octanol–water partition coefficient (Wildman–Crippen LogP) is 13.1. The maximum atomic E-state index is 15.1. The van der Waals surface area contributed by atoms with E-state index in [0.717, 1.165) is 116 Å². The van der Waals surface area contributed by atoms with E-state index >= 15 is 9.59 Å². The Hall–Kier alpha value is -3.42. The molecule has 8 nitrogen and oxygen atoms in total. The van der Waals surface area contributed by atoms with Gasteiger partial charge in [-0.1, -0.05) is 145 Å². The largest absolute Gasteiger partial charge is 0.490 e. The molecule has 1 aliphatic rings. The van der Waals surface area contributed by atoms with Gasteiger partial charge in [0.1, 0.15) is 0 Å². The van der Waals surface area contributed by atoms with Gasteiger partial charge >= 0.3 is 0 Å². The Morgan fingerprint density at radius 2 is 0.732 bits per heavy atom. The molecule has 0 N–H and O–H groups in total.